The van der Waals surface area contributed by atoms with Crippen LogP contribution in [-0.2, 0) is 12.8 Å². The third kappa shape index (κ3) is 4.32. The molecular formula is C18H17F2N3O2S. The zero-order chi connectivity index (χ0) is 18.5. The monoisotopic (exact) mass is 377 g/mol. The van der Waals surface area contributed by atoms with E-state index < -0.39 is 6.61 Å². The number of alkyl halides is 2. The number of methoxy groups -OCH3 is 1. The zero-order valence-corrected chi connectivity index (χ0v) is 15.0. The van der Waals surface area contributed by atoms with E-state index in [0.29, 0.717) is 5.82 Å². The van der Waals surface area contributed by atoms with Crippen molar-refractivity contribution in [2.24, 2.45) is 7.05 Å². The van der Waals surface area contributed by atoms with Gasteiger partial charge in [0.1, 0.15) is 11.5 Å². The van der Waals surface area contributed by atoms with Gasteiger partial charge in [0.2, 0.25) is 0 Å². The second kappa shape index (κ2) is 8.18. The van der Waals surface area contributed by atoms with Crippen molar-refractivity contribution in [2.45, 2.75) is 17.5 Å². The van der Waals surface area contributed by atoms with E-state index in [0.717, 1.165) is 27.8 Å². The number of rotatable bonds is 7. The molecule has 0 saturated carbocycles. The molecule has 0 atom stereocenters. The highest BCUT2D eigenvalue weighted by Gasteiger charge is 2.12. The molecule has 0 N–H and O–H groups in total. The van der Waals surface area contributed by atoms with E-state index in [1.165, 1.54) is 12.1 Å². The summed E-state index contributed by atoms with van der Waals surface area (Å²) in [6.07, 6.45) is 0. The Morgan fingerprint density at radius 2 is 1.85 bits per heavy atom. The minimum atomic E-state index is -2.84. The van der Waals surface area contributed by atoms with Crippen molar-refractivity contribution < 1.29 is 18.3 Å². The molecule has 2 aromatic carbocycles. The average Bonchev–Trinajstić information content (AvgIpc) is 3.01. The first kappa shape index (κ1) is 18.2. The number of ether oxygens (including phenoxy) is 2. The maximum atomic E-state index is 12.2. The number of hydrogen-bond acceptors (Lipinski definition) is 5. The van der Waals surface area contributed by atoms with Crippen molar-refractivity contribution >= 4 is 11.8 Å². The highest BCUT2D eigenvalue weighted by molar-refractivity contribution is 7.98. The van der Waals surface area contributed by atoms with E-state index in [-0.39, 0.29) is 5.75 Å². The highest BCUT2D eigenvalue weighted by Crippen LogP contribution is 2.27. The van der Waals surface area contributed by atoms with Crippen LogP contribution < -0.4 is 9.47 Å². The van der Waals surface area contributed by atoms with Crippen LogP contribution in [0.15, 0.2) is 53.7 Å². The van der Waals surface area contributed by atoms with Gasteiger partial charge in [0.15, 0.2) is 11.0 Å². The van der Waals surface area contributed by atoms with Crippen LogP contribution in [0.3, 0.4) is 0 Å². The number of aromatic nitrogens is 3. The number of halogens is 2. The standard InChI is InChI=1S/C18H17F2N3O2S/c1-23-16(13-6-8-14(9-7-13)25-17(19)20)21-22-18(23)26-11-12-4-3-5-15(10-12)24-2/h3-10,17H,11H2,1-2H3. The van der Waals surface area contributed by atoms with Crippen LogP contribution >= 0.6 is 11.8 Å². The molecule has 0 aliphatic heterocycles. The lowest BCUT2D eigenvalue weighted by Crippen LogP contribution is -2.01. The van der Waals surface area contributed by atoms with Gasteiger partial charge in [-0.1, -0.05) is 23.9 Å². The second-order valence-electron chi connectivity index (χ2n) is 5.41. The second-order valence-corrected chi connectivity index (χ2v) is 6.35. The van der Waals surface area contributed by atoms with Crippen LogP contribution in [0.4, 0.5) is 8.78 Å². The summed E-state index contributed by atoms with van der Waals surface area (Å²) in [5.41, 5.74) is 1.89. The topological polar surface area (TPSA) is 49.2 Å². The summed E-state index contributed by atoms with van der Waals surface area (Å²) >= 11 is 1.56. The Morgan fingerprint density at radius 3 is 2.54 bits per heavy atom. The van der Waals surface area contributed by atoms with Gasteiger partial charge < -0.3 is 14.0 Å². The molecular weight excluding hydrogens is 360 g/mol. The van der Waals surface area contributed by atoms with E-state index in [4.69, 9.17) is 4.74 Å². The Bertz CT molecular complexity index is 869. The van der Waals surface area contributed by atoms with Gasteiger partial charge in [-0.2, -0.15) is 8.78 Å². The lowest BCUT2D eigenvalue weighted by Gasteiger charge is -2.07. The van der Waals surface area contributed by atoms with E-state index in [2.05, 4.69) is 14.9 Å². The molecule has 3 aromatic rings. The fourth-order valence-corrected chi connectivity index (χ4v) is 3.24. The van der Waals surface area contributed by atoms with Gasteiger partial charge in [-0.05, 0) is 42.0 Å². The predicted octanol–water partition coefficient (Wildman–Crippen LogP) is 4.38. The van der Waals surface area contributed by atoms with E-state index in [9.17, 15) is 8.78 Å². The van der Waals surface area contributed by atoms with Gasteiger partial charge in [0.05, 0.1) is 7.11 Å². The Labute approximate surface area is 154 Å². The van der Waals surface area contributed by atoms with Crippen molar-refractivity contribution in [3.05, 3.63) is 54.1 Å². The lowest BCUT2D eigenvalue weighted by atomic mass is 10.2. The summed E-state index contributed by atoms with van der Waals surface area (Å²) < 4.78 is 35.9. The van der Waals surface area contributed by atoms with Gasteiger partial charge in [-0.25, -0.2) is 0 Å². The molecule has 26 heavy (non-hydrogen) atoms. The summed E-state index contributed by atoms with van der Waals surface area (Å²) in [6.45, 7) is -2.84. The molecule has 0 unspecified atom stereocenters. The molecule has 0 spiro atoms. The maximum absolute atomic E-state index is 12.2. The van der Waals surface area contributed by atoms with E-state index in [1.807, 2.05) is 35.9 Å². The molecule has 0 amide bonds. The molecule has 1 heterocycles. The molecule has 0 bridgehead atoms. The first-order chi connectivity index (χ1) is 12.6. The van der Waals surface area contributed by atoms with E-state index in [1.54, 1.807) is 31.0 Å². The molecule has 0 saturated heterocycles. The molecule has 0 aliphatic rings. The third-order valence-electron chi connectivity index (χ3n) is 3.67. The van der Waals surface area contributed by atoms with Crippen molar-refractivity contribution in [1.82, 2.24) is 14.8 Å². The quantitative estimate of drug-likeness (QED) is 0.572. The summed E-state index contributed by atoms with van der Waals surface area (Å²) in [5, 5.41) is 9.17. The lowest BCUT2D eigenvalue weighted by molar-refractivity contribution is -0.0498. The van der Waals surface area contributed by atoms with E-state index >= 15 is 0 Å². The largest absolute Gasteiger partial charge is 0.497 e. The normalized spacial score (nSPS) is 11.0. The molecule has 8 heteroatoms. The number of nitrogens with zero attached hydrogens (tertiary/aromatic N) is 3. The SMILES string of the molecule is COc1cccc(CSc2nnc(-c3ccc(OC(F)F)cc3)n2C)c1. The summed E-state index contributed by atoms with van der Waals surface area (Å²) in [7, 11) is 3.51. The summed E-state index contributed by atoms with van der Waals surface area (Å²) in [6, 6.07) is 14.2. The van der Waals surface area contributed by atoms with Gasteiger partial charge >= 0.3 is 6.61 Å². The molecule has 3 rings (SSSR count). The predicted molar refractivity (Wildman–Crippen MR) is 95.6 cm³/mol. The van der Waals surface area contributed by atoms with Crippen LogP contribution in [0.2, 0.25) is 0 Å². The van der Waals surface area contributed by atoms with Gasteiger partial charge in [0, 0.05) is 18.4 Å². The fraction of sp³-hybridized carbons (Fsp3) is 0.222. The molecule has 136 valence electrons. The molecule has 5 nitrogen and oxygen atoms in total. The minimum absolute atomic E-state index is 0.110. The zero-order valence-electron chi connectivity index (χ0n) is 14.2. The number of hydrogen-bond donors (Lipinski definition) is 0. The van der Waals surface area contributed by atoms with Gasteiger partial charge in [-0.3, -0.25) is 0 Å². The molecule has 0 radical (unpaired) electrons. The van der Waals surface area contributed by atoms with Crippen LogP contribution in [0, 0.1) is 0 Å². The summed E-state index contributed by atoms with van der Waals surface area (Å²) in [4.78, 5) is 0. The van der Waals surface area contributed by atoms with Gasteiger partial charge in [0.25, 0.3) is 0 Å². The molecule has 1 aromatic heterocycles. The Balaban J connectivity index is 1.71. The number of benzene rings is 2. The fourth-order valence-electron chi connectivity index (χ4n) is 2.39. The average molecular weight is 377 g/mol. The first-order valence-corrected chi connectivity index (χ1v) is 8.75. The van der Waals surface area contributed by atoms with Gasteiger partial charge in [-0.15, -0.1) is 10.2 Å². The van der Waals surface area contributed by atoms with Crippen LogP contribution in [-0.4, -0.2) is 28.5 Å². The summed E-state index contributed by atoms with van der Waals surface area (Å²) in [5.74, 6) is 2.30. The first-order valence-electron chi connectivity index (χ1n) is 7.77. The maximum Gasteiger partial charge on any atom is 0.387 e. The van der Waals surface area contributed by atoms with Crippen molar-refractivity contribution in [3.8, 4) is 22.9 Å². The highest BCUT2D eigenvalue weighted by atomic mass is 32.2. The van der Waals surface area contributed by atoms with Crippen molar-refractivity contribution in [3.63, 3.8) is 0 Å². The molecule has 0 fully saturated rings. The van der Waals surface area contributed by atoms with Crippen LogP contribution in [0.1, 0.15) is 5.56 Å². The minimum Gasteiger partial charge on any atom is -0.497 e. The Kier molecular flexibility index (Phi) is 5.72. The van der Waals surface area contributed by atoms with Crippen molar-refractivity contribution in [2.75, 3.05) is 7.11 Å². The third-order valence-corrected chi connectivity index (χ3v) is 4.77. The smallest absolute Gasteiger partial charge is 0.387 e. The van der Waals surface area contributed by atoms with Crippen LogP contribution in [0.25, 0.3) is 11.4 Å². The Hall–Kier alpha value is -2.61. The molecule has 0 aliphatic carbocycles. The van der Waals surface area contributed by atoms with Crippen LogP contribution in [0.5, 0.6) is 11.5 Å². The Morgan fingerprint density at radius 1 is 1.08 bits per heavy atom. The number of thioether (sulfide) groups is 1. The van der Waals surface area contributed by atoms with Crippen molar-refractivity contribution in [1.29, 1.82) is 0 Å².